The maximum atomic E-state index is 11.9. The highest BCUT2D eigenvalue weighted by atomic mass is 35.5. The third-order valence-corrected chi connectivity index (χ3v) is 2.81. The van der Waals surface area contributed by atoms with Gasteiger partial charge in [-0.3, -0.25) is 0 Å². The third-order valence-electron chi connectivity index (χ3n) is 2.48. The summed E-state index contributed by atoms with van der Waals surface area (Å²) in [5, 5.41) is 5.62. The molecule has 110 valence electrons. The van der Waals surface area contributed by atoms with Crippen LogP contribution in [0.4, 0.5) is 16.2 Å². The molecule has 0 aliphatic rings. The van der Waals surface area contributed by atoms with Crippen LogP contribution in [0.5, 0.6) is 11.9 Å². The Morgan fingerprint density at radius 2 is 1.86 bits per heavy atom. The van der Waals surface area contributed by atoms with Crippen molar-refractivity contribution in [1.29, 1.82) is 0 Å². The van der Waals surface area contributed by atoms with Crippen molar-refractivity contribution >= 4 is 29.0 Å². The SMILES string of the molecule is COc1ncc(NC(=O)Nc2ccccc2Cl)c(OC)n1. The van der Waals surface area contributed by atoms with Gasteiger partial charge in [-0.05, 0) is 12.1 Å². The molecule has 1 aromatic heterocycles. The summed E-state index contributed by atoms with van der Waals surface area (Å²) in [5.41, 5.74) is 0.799. The number of nitrogens with one attached hydrogen (secondary N) is 2. The number of rotatable bonds is 4. The number of aromatic nitrogens is 2. The van der Waals surface area contributed by atoms with Crippen LogP contribution < -0.4 is 20.1 Å². The van der Waals surface area contributed by atoms with Crippen molar-refractivity contribution in [3.8, 4) is 11.9 Å². The highest BCUT2D eigenvalue weighted by Crippen LogP contribution is 2.24. The van der Waals surface area contributed by atoms with E-state index in [1.54, 1.807) is 24.3 Å². The summed E-state index contributed by atoms with van der Waals surface area (Å²) in [4.78, 5) is 19.8. The van der Waals surface area contributed by atoms with E-state index in [4.69, 9.17) is 21.1 Å². The topological polar surface area (TPSA) is 85.4 Å². The van der Waals surface area contributed by atoms with Crippen LogP contribution in [-0.4, -0.2) is 30.2 Å². The molecule has 2 rings (SSSR count). The Hall–Kier alpha value is -2.54. The normalized spacial score (nSPS) is 9.86. The van der Waals surface area contributed by atoms with E-state index in [0.29, 0.717) is 16.4 Å². The zero-order chi connectivity index (χ0) is 15.2. The Balaban J connectivity index is 2.11. The summed E-state index contributed by atoms with van der Waals surface area (Å²) in [6.45, 7) is 0. The van der Waals surface area contributed by atoms with Crippen LogP contribution in [0.2, 0.25) is 5.02 Å². The predicted octanol–water partition coefficient (Wildman–Crippen LogP) is 2.79. The zero-order valence-corrected chi connectivity index (χ0v) is 12.1. The van der Waals surface area contributed by atoms with Crippen molar-refractivity contribution in [2.24, 2.45) is 0 Å². The number of amides is 2. The van der Waals surface area contributed by atoms with Gasteiger partial charge in [0.1, 0.15) is 5.69 Å². The van der Waals surface area contributed by atoms with Gasteiger partial charge >= 0.3 is 12.0 Å². The van der Waals surface area contributed by atoms with Gasteiger partial charge in [-0.25, -0.2) is 9.78 Å². The minimum absolute atomic E-state index is 0.143. The highest BCUT2D eigenvalue weighted by molar-refractivity contribution is 6.33. The van der Waals surface area contributed by atoms with Crippen molar-refractivity contribution in [2.75, 3.05) is 24.9 Å². The first-order valence-corrected chi connectivity index (χ1v) is 6.29. The van der Waals surface area contributed by atoms with Crippen LogP contribution in [0.15, 0.2) is 30.5 Å². The molecule has 2 aromatic rings. The second-order valence-electron chi connectivity index (χ2n) is 3.84. The van der Waals surface area contributed by atoms with E-state index in [0.717, 1.165) is 0 Å². The van der Waals surface area contributed by atoms with Crippen LogP contribution in [0, 0.1) is 0 Å². The van der Waals surface area contributed by atoms with Crippen molar-refractivity contribution in [2.45, 2.75) is 0 Å². The van der Waals surface area contributed by atoms with Gasteiger partial charge in [-0.15, -0.1) is 0 Å². The first-order valence-electron chi connectivity index (χ1n) is 5.91. The van der Waals surface area contributed by atoms with Crippen LogP contribution in [-0.2, 0) is 0 Å². The van der Waals surface area contributed by atoms with E-state index in [1.165, 1.54) is 20.4 Å². The number of nitrogens with zero attached hydrogens (tertiary/aromatic N) is 2. The van der Waals surface area contributed by atoms with E-state index in [9.17, 15) is 4.79 Å². The number of anilines is 2. The van der Waals surface area contributed by atoms with E-state index < -0.39 is 6.03 Å². The molecule has 0 aliphatic heterocycles. The lowest BCUT2D eigenvalue weighted by Crippen LogP contribution is -2.20. The average molecular weight is 309 g/mol. The molecule has 0 bridgehead atoms. The average Bonchev–Trinajstić information content (AvgIpc) is 2.50. The fourth-order valence-corrected chi connectivity index (χ4v) is 1.71. The minimum Gasteiger partial charge on any atom is -0.479 e. The molecule has 0 fully saturated rings. The molecular weight excluding hydrogens is 296 g/mol. The van der Waals surface area contributed by atoms with E-state index >= 15 is 0 Å². The number of methoxy groups -OCH3 is 2. The summed E-state index contributed by atoms with van der Waals surface area (Å²) < 4.78 is 9.94. The maximum absolute atomic E-state index is 11.9. The zero-order valence-electron chi connectivity index (χ0n) is 11.4. The van der Waals surface area contributed by atoms with E-state index in [1.807, 2.05) is 0 Å². The molecule has 0 unspecified atom stereocenters. The molecule has 0 saturated carbocycles. The predicted molar refractivity (Wildman–Crippen MR) is 79.2 cm³/mol. The number of ether oxygens (including phenoxy) is 2. The lowest BCUT2D eigenvalue weighted by atomic mass is 10.3. The summed E-state index contributed by atoms with van der Waals surface area (Å²) in [6, 6.07) is 6.54. The molecule has 0 radical (unpaired) electrons. The standard InChI is InChI=1S/C13H13ClN4O3/c1-20-11-10(7-15-13(18-11)21-2)17-12(19)16-9-6-4-3-5-8(9)14/h3-7H,1-2H3,(H2,16,17,19). The van der Waals surface area contributed by atoms with Gasteiger partial charge in [-0.1, -0.05) is 23.7 Å². The monoisotopic (exact) mass is 308 g/mol. The molecule has 8 heteroatoms. The van der Waals surface area contributed by atoms with Gasteiger partial charge in [0.15, 0.2) is 0 Å². The molecule has 2 N–H and O–H groups in total. The molecular formula is C13H13ClN4O3. The molecule has 0 atom stereocenters. The number of urea groups is 1. The Morgan fingerprint density at radius 3 is 2.52 bits per heavy atom. The Labute approximate surface area is 126 Å². The Morgan fingerprint density at radius 1 is 1.14 bits per heavy atom. The highest BCUT2D eigenvalue weighted by Gasteiger charge is 2.12. The van der Waals surface area contributed by atoms with Gasteiger partial charge < -0.3 is 20.1 Å². The smallest absolute Gasteiger partial charge is 0.323 e. The van der Waals surface area contributed by atoms with Crippen LogP contribution in [0.1, 0.15) is 0 Å². The van der Waals surface area contributed by atoms with Gasteiger partial charge in [0.2, 0.25) is 5.88 Å². The number of para-hydroxylation sites is 1. The molecule has 7 nitrogen and oxygen atoms in total. The van der Waals surface area contributed by atoms with Crippen LogP contribution in [0.25, 0.3) is 0 Å². The number of benzene rings is 1. The number of carbonyl (C=O) groups excluding carboxylic acids is 1. The number of carbonyl (C=O) groups is 1. The minimum atomic E-state index is -0.491. The summed E-state index contributed by atoms with van der Waals surface area (Å²) in [7, 11) is 2.87. The number of hydrogen-bond donors (Lipinski definition) is 2. The van der Waals surface area contributed by atoms with Crippen molar-refractivity contribution < 1.29 is 14.3 Å². The largest absolute Gasteiger partial charge is 0.479 e. The lowest BCUT2D eigenvalue weighted by molar-refractivity contribution is 0.262. The quantitative estimate of drug-likeness (QED) is 0.907. The second-order valence-corrected chi connectivity index (χ2v) is 4.25. The fraction of sp³-hybridized carbons (Fsp3) is 0.154. The first kappa shape index (κ1) is 14.9. The van der Waals surface area contributed by atoms with E-state index in [2.05, 4.69) is 20.6 Å². The molecule has 2 amide bonds. The lowest BCUT2D eigenvalue weighted by Gasteiger charge is -2.11. The molecule has 21 heavy (non-hydrogen) atoms. The van der Waals surface area contributed by atoms with E-state index in [-0.39, 0.29) is 11.9 Å². The van der Waals surface area contributed by atoms with Crippen molar-refractivity contribution in [1.82, 2.24) is 9.97 Å². The van der Waals surface area contributed by atoms with Gasteiger partial charge in [0.25, 0.3) is 0 Å². The summed E-state index contributed by atoms with van der Waals surface area (Å²) in [5.74, 6) is 0.191. The Bertz CT molecular complexity index is 651. The molecule has 1 aromatic carbocycles. The maximum Gasteiger partial charge on any atom is 0.323 e. The molecule has 1 heterocycles. The first-order chi connectivity index (χ1) is 10.1. The third kappa shape index (κ3) is 3.73. The Kier molecular flexibility index (Phi) is 4.78. The molecule has 0 saturated heterocycles. The number of halogens is 1. The van der Waals surface area contributed by atoms with Crippen LogP contribution in [0.3, 0.4) is 0 Å². The van der Waals surface area contributed by atoms with Gasteiger partial charge in [0, 0.05) is 0 Å². The summed E-state index contributed by atoms with van der Waals surface area (Å²) in [6.07, 6.45) is 1.39. The number of hydrogen-bond acceptors (Lipinski definition) is 5. The summed E-state index contributed by atoms with van der Waals surface area (Å²) >= 11 is 5.96. The van der Waals surface area contributed by atoms with Gasteiger partial charge in [0.05, 0.1) is 31.1 Å². The van der Waals surface area contributed by atoms with Crippen LogP contribution >= 0.6 is 11.6 Å². The second kappa shape index (κ2) is 6.76. The van der Waals surface area contributed by atoms with Crippen molar-refractivity contribution in [3.05, 3.63) is 35.5 Å². The van der Waals surface area contributed by atoms with Crippen molar-refractivity contribution in [3.63, 3.8) is 0 Å². The molecule has 0 aliphatic carbocycles. The fourth-order valence-electron chi connectivity index (χ4n) is 1.53. The van der Waals surface area contributed by atoms with Gasteiger partial charge in [-0.2, -0.15) is 4.98 Å². The molecule has 0 spiro atoms.